The number of nitrogens with two attached hydrogens (primary N) is 1. The van der Waals surface area contributed by atoms with Crippen LogP contribution in [0.1, 0.15) is 11.1 Å². The van der Waals surface area contributed by atoms with Gasteiger partial charge in [-0.3, -0.25) is 5.43 Å². The number of nitrogens with zero attached hydrogens (tertiary/aromatic N) is 3. The van der Waals surface area contributed by atoms with E-state index in [0.29, 0.717) is 36.4 Å². The van der Waals surface area contributed by atoms with E-state index in [0.717, 1.165) is 0 Å². The molecule has 0 atom stereocenters. The first-order valence-electron chi connectivity index (χ1n) is 7.99. The van der Waals surface area contributed by atoms with Gasteiger partial charge in [0.2, 0.25) is 11.1 Å². The fourth-order valence-electron chi connectivity index (χ4n) is 2.82. The molecule has 0 amide bonds. The number of aromatic hydroxyl groups is 2. The summed E-state index contributed by atoms with van der Waals surface area (Å²) < 4.78 is 84.7. The summed E-state index contributed by atoms with van der Waals surface area (Å²) in [6.45, 7) is 0. The number of anilines is 2. The van der Waals surface area contributed by atoms with E-state index in [2.05, 4.69) is 5.10 Å². The Balaban J connectivity index is 2.87. The standard InChI is InChI=1S/C18H11F6N5O2/c19-17(20,21)16(18(22,23)24,9-1-3-14(30)12(27)5-9)10-2-4-15(31)13(6-10)29-28-11(7-25)8-26/h1-6,29-31H,27H2. The van der Waals surface area contributed by atoms with E-state index in [-0.39, 0.29) is 0 Å². The van der Waals surface area contributed by atoms with Gasteiger partial charge >= 0.3 is 12.4 Å². The molecule has 5 N–H and O–H groups in total. The van der Waals surface area contributed by atoms with Gasteiger partial charge in [0.15, 0.2) is 0 Å². The molecule has 2 aromatic carbocycles. The van der Waals surface area contributed by atoms with Crippen LogP contribution in [0.2, 0.25) is 0 Å². The predicted molar refractivity (Wildman–Crippen MR) is 95.8 cm³/mol. The number of benzene rings is 2. The van der Waals surface area contributed by atoms with Crippen molar-refractivity contribution in [3.63, 3.8) is 0 Å². The molecule has 2 rings (SSSR count). The van der Waals surface area contributed by atoms with Gasteiger partial charge in [0.1, 0.15) is 23.6 Å². The second-order valence-corrected chi connectivity index (χ2v) is 6.05. The van der Waals surface area contributed by atoms with E-state index < -0.39 is 57.5 Å². The topological polar surface area (TPSA) is 138 Å². The fraction of sp³-hybridized carbons (Fsp3) is 0.167. The van der Waals surface area contributed by atoms with Crippen LogP contribution < -0.4 is 11.2 Å². The van der Waals surface area contributed by atoms with Crippen LogP contribution >= 0.6 is 0 Å². The number of nitrogen functional groups attached to an aromatic ring is 1. The number of phenolic OH excluding ortho intramolecular Hbond substituents is 2. The summed E-state index contributed by atoms with van der Waals surface area (Å²) in [4.78, 5) is 0. The molecular weight excluding hydrogens is 432 g/mol. The molecule has 0 radical (unpaired) electrons. The Morgan fingerprint density at radius 1 is 0.871 bits per heavy atom. The molecule has 0 spiro atoms. The van der Waals surface area contributed by atoms with Gasteiger partial charge in [-0.1, -0.05) is 12.1 Å². The Labute approximate surface area is 170 Å². The lowest BCUT2D eigenvalue weighted by atomic mass is 9.72. The van der Waals surface area contributed by atoms with Crippen LogP contribution in [-0.4, -0.2) is 28.3 Å². The first-order valence-corrected chi connectivity index (χ1v) is 7.99. The lowest BCUT2D eigenvalue weighted by Crippen LogP contribution is -2.54. The molecule has 0 saturated carbocycles. The van der Waals surface area contributed by atoms with Crippen molar-refractivity contribution >= 4 is 17.1 Å². The summed E-state index contributed by atoms with van der Waals surface area (Å²) in [6, 6.07) is 5.29. The van der Waals surface area contributed by atoms with Crippen molar-refractivity contribution in [2.24, 2.45) is 5.10 Å². The maximum atomic E-state index is 14.1. The van der Waals surface area contributed by atoms with Crippen molar-refractivity contribution in [2.75, 3.05) is 11.2 Å². The number of alkyl halides is 6. The van der Waals surface area contributed by atoms with Crippen molar-refractivity contribution in [1.29, 1.82) is 10.5 Å². The van der Waals surface area contributed by atoms with Crippen molar-refractivity contribution in [1.82, 2.24) is 0 Å². The maximum Gasteiger partial charge on any atom is 0.411 e. The van der Waals surface area contributed by atoms with E-state index in [1.807, 2.05) is 5.43 Å². The van der Waals surface area contributed by atoms with Gasteiger partial charge in [-0.05, 0) is 35.4 Å². The third kappa shape index (κ3) is 3.98. The number of hydrogen-bond donors (Lipinski definition) is 4. The van der Waals surface area contributed by atoms with E-state index in [4.69, 9.17) is 16.3 Å². The SMILES string of the molecule is N#CC(C#N)=NNc1cc(C(c2ccc(O)c(N)c2)(C(F)(F)F)C(F)(F)F)ccc1O. The van der Waals surface area contributed by atoms with Crippen LogP contribution in [0.5, 0.6) is 11.5 Å². The van der Waals surface area contributed by atoms with Gasteiger partial charge in [0.05, 0.1) is 11.4 Å². The third-order valence-corrected chi connectivity index (χ3v) is 4.24. The highest BCUT2D eigenvalue weighted by molar-refractivity contribution is 6.10. The van der Waals surface area contributed by atoms with Gasteiger partial charge in [0, 0.05) is 0 Å². The first-order chi connectivity index (χ1) is 14.3. The quantitative estimate of drug-likeness (QED) is 0.186. The minimum atomic E-state index is -5.95. The van der Waals surface area contributed by atoms with Crippen molar-refractivity contribution in [3.8, 4) is 23.6 Å². The predicted octanol–water partition coefficient (Wildman–Crippen LogP) is 3.91. The number of nitriles is 2. The van der Waals surface area contributed by atoms with Crippen LogP contribution in [0, 0.1) is 22.7 Å². The number of rotatable bonds is 4. The zero-order chi connectivity index (χ0) is 23.6. The highest BCUT2D eigenvalue weighted by Gasteiger charge is 2.72. The van der Waals surface area contributed by atoms with Gasteiger partial charge in [-0.2, -0.15) is 42.0 Å². The average Bonchev–Trinajstić information content (AvgIpc) is 2.65. The number of hydrogen-bond acceptors (Lipinski definition) is 7. The van der Waals surface area contributed by atoms with Crippen LogP contribution in [0.3, 0.4) is 0 Å². The Hall–Kier alpha value is -4.13. The highest BCUT2D eigenvalue weighted by Crippen LogP contribution is 2.57. The second-order valence-electron chi connectivity index (χ2n) is 6.05. The van der Waals surface area contributed by atoms with Crippen LogP contribution in [0.25, 0.3) is 0 Å². The largest absolute Gasteiger partial charge is 0.506 e. The number of halogens is 6. The normalized spacial score (nSPS) is 11.9. The Bertz CT molecular complexity index is 1080. The molecule has 0 fully saturated rings. The van der Waals surface area contributed by atoms with E-state index >= 15 is 0 Å². The zero-order valence-corrected chi connectivity index (χ0v) is 15.0. The molecule has 31 heavy (non-hydrogen) atoms. The summed E-state index contributed by atoms with van der Waals surface area (Å²) in [5, 5.41) is 39.7. The van der Waals surface area contributed by atoms with E-state index in [1.54, 1.807) is 0 Å². The lowest BCUT2D eigenvalue weighted by molar-refractivity contribution is -0.288. The molecule has 7 nitrogen and oxygen atoms in total. The van der Waals surface area contributed by atoms with Crippen molar-refractivity contribution < 1.29 is 36.6 Å². The summed E-state index contributed by atoms with van der Waals surface area (Å²) in [7, 11) is 0. The second kappa shape index (κ2) is 7.95. The molecular formula is C18H11F6N5O2. The Morgan fingerprint density at radius 2 is 1.35 bits per heavy atom. The molecule has 2 aromatic rings. The average molecular weight is 443 g/mol. The molecule has 0 unspecified atom stereocenters. The van der Waals surface area contributed by atoms with Crippen LogP contribution in [-0.2, 0) is 5.41 Å². The zero-order valence-electron chi connectivity index (χ0n) is 15.0. The first kappa shape index (κ1) is 23.2. The van der Waals surface area contributed by atoms with Gasteiger partial charge in [0.25, 0.3) is 0 Å². The molecule has 162 valence electrons. The summed E-state index contributed by atoms with van der Waals surface area (Å²) in [6.07, 6.45) is -11.9. The monoisotopic (exact) mass is 443 g/mol. The molecule has 0 aliphatic rings. The van der Waals surface area contributed by atoms with E-state index in [9.17, 15) is 36.6 Å². The molecule has 0 saturated heterocycles. The van der Waals surface area contributed by atoms with Gasteiger partial charge in [-0.25, -0.2) is 0 Å². The maximum absolute atomic E-state index is 14.1. The molecule has 13 heteroatoms. The summed E-state index contributed by atoms with van der Waals surface area (Å²) in [5.41, 5.74) is -2.33. The van der Waals surface area contributed by atoms with Gasteiger partial charge < -0.3 is 15.9 Å². The molecule has 0 aromatic heterocycles. The number of nitrogens with one attached hydrogen (secondary N) is 1. The fourth-order valence-corrected chi connectivity index (χ4v) is 2.82. The molecule has 0 heterocycles. The molecule has 0 aliphatic heterocycles. The minimum Gasteiger partial charge on any atom is -0.506 e. The summed E-state index contributed by atoms with van der Waals surface area (Å²) in [5.74, 6) is -1.52. The van der Waals surface area contributed by atoms with Crippen LogP contribution in [0.4, 0.5) is 37.7 Å². The Kier molecular flexibility index (Phi) is 5.94. The molecule has 0 aliphatic carbocycles. The van der Waals surface area contributed by atoms with Crippen molar-refractivity contribution in [2.45, 2.75) is 17.8 Å². The molecule has 0 bridgehead atoms. The highest BCUT2D eigenvalue weighted by atomic mass is 19.4. The number of hydrazone groups is 1. The smallest absolute Gasteiger partial charge is 0.411 e. The minimum absolute atomic E-state index is 0.329. The van der Waals surface area contributed by atoms with Crippen LogP contribution in [0.15, 0.2) is 41.5 Å². The number of phenols is 2. The third-order valence-electron chi connectivity index (χ3n) is 4.24. The lowest BCUT2D eigenvalue weighted by Gasteiger charge is -2.38. The van der Waals surface area contributed by atoms with E-state index in [1.165, 1.54) is 12.1 Å². The summed E-state index contributed by atoms with van der Waals surface area (Å²) >= 11 is 0. The van der Waals surface area contributed by atoms with Crippen molar-refractivity contribution in [3.05, 3.63) is 47.5 Å². The Morgan fingerprint density at radius 3 is 1.81 bits per heavy atom. The van der Waals surface area contributed by atoms with Gasteiger partial charge in [-0.15, -0.1) is 0 Å².